The number of carbonyl (C=O) groups is 1. The molecule has 2 rings (SSSR count). The summed E-state index contributed by atoms with van der Waals surface area (Å²) in [5.41, 5.74) is -0.204. The number of hydrogen-bond acceptors (Lipinski definition) is 5. The van der Waals surface area contributed by atoms with E-state index in [9.17, 15) is 4.79 Å². The summed E-state index contributed by atoms with van der Waals surface area (Å²) >= 11 is 0. The van der Waals surface area contributed by atoms with Crippen LogP contribution < -0.4 is 0 Å². The van der Waals surface area contributed by atoms with Gasteiger partial charge in [-0.1, -0.05) is 0 Å². The van der Waals surface area contributed by atoms with E-state index in [1.165, 1.54) is 4.68 Å². The zero-order chi connectivity index (χ0) is 12.5. The minimum atomic E-state index is -0.946. The van der Waals surface area contributed by atoms with Crippen molar-refractivity contribution in [3.63, 3.8) is 0 Å². The Morgan fingerprint density at radius 3 is 2.82 bits per heavy atom. The van der Waals surface area contributed by atoms with Gasteiger partial charge in [-0.2, -0.15) is 0 Å². The molecule has 0 spiro atoms. The molecule has 1 aliphatic carbocycles. The van der Waals surface area contributed by atoms with Crippen molar-refractivity contribution in [3.05, 3.63) is 5.82 Å². The number of hydrogen-bond donors (Lipinski definition) is 1. The molecule has 0 saturated heterocycles. The first-order valence-electron chi connectivity index (χ1n) is 5.63. The number of tetrazole rings is 1. The lowest BCUT2D eigenvalue weighted by molar-refractivity contribution is -0.140. The normalized spacial score (nSPS) is 19.6. The van der Waals surface area contributed by atoms with Gasteiger partial charge in [0.15, 0.2) is 5.82 Å². The molecule has 1 aromatic rings. The maximum absolute atomic E-state index is 10.9. The van der Waals surface area contributed by atoms with Crippen molar-refractivity contribution in [1.82, 2.24) is 20.2 Å². The van der Waals surface area contributed by atoms with Crippen LogP contribution in [0.1, 0.15) is 38.1 Å². The van der Waals surface area contributed by atoms with Crippen molar-refractivity contribution in [2.75, 3.05) is 7.11 Å². The van der Waals surface area contributed by atoms with E-state index >= 15 is 0 Å². The van der Waals surface area contributed by atoms with Crippen LogP contribution in [0.25, 0.3) is 0 Å². The van der Waals surface area contributed by atoms with Crippen LogP contribution in [-0.2, 0) is 16.0 Å². The van der Waals surface area contributed by atoms with Gasteiger partial charge in [0.25, 0.3) is 0 Å². The Labute approximate surface area is 98.8 Å². The number of nitrogens with zero attached hydrogens (tertiary/aromatic N) is 4. The van der Waals surface area contributed by atoms with E-state index in [1.54, 1.807) is 14.0 Å². The Bertz CT molecular complexity index is 408. The standard InChI is InChI=1S/C10H16N4O3/c1-7(9(15)16)14-8(11-12-13-14)6-10(17-2)4-3-5-10/h7H,3-6H2,1-2H3,(H,15,16). The van der Waals surface area contributed by atoms with Crippen molar-refractivity contribution in [2.24, 2.45) is 0 Å². The monoisotopic (exact) mass is 240 g/mol. The van der Waals surface area contributed by atoms with Crippen LogP contribution in [0.15, 0.2) is 0 Å². The fourth-order valence-electron chi connectivity index (χ4n) is 2.05. The van der Waals surface area contributed by atoms with Gasteiger partial charge >= 0.3 is 5.97 Å². The van der Waals surface area contributed by atoms with Gasteiger partial charge in [-0.15, -0.1) is 5.10 Å². The maximum atomic E-state index is 10.9. The van der Waals surface area contributed by atoms with Gasteiger partial charge in [0.2, 0.25) is 0 Å². The number of carboxylic acid groups (broad SMARTS) is 1. The fraction of sp³-hybridized carbons (Fsp3) is 0.800. The Morgan fingerprint density at radius 2 is 2.35 bits per heavy atom. The molecule has 0 aliphatic heterocycles. The number of carboxylic acids is 1. The molecule has 1 unspecified atom stereocenters. The van der Waals surface area contributed by atoms with Crippen molar-refractivity contribution in [3.8, 4) is 0 Å². The average Bonchev–Trinajstić information content (AvgIpc) is 2.70. The molecule has 1 aromatic heterocycles. The summed E-state index contributed by atoms with van der Waals surface area (Å²) in [7, 11) is 1.67. The summed E-state index contributed by atoms with van der Waals surface area (Å²) in [6, 6.07) is -0.756. The quantitative estimate of drug-likeness (QED) is 0.802. The zero-order valence-electron chi connectivity index (χ0n) is 9.96. The topological polar surface area (TPSA) is 90.1 Å². The molecular weight excluding hydrogens is 224 g/mol. The third kappa shape index (κ3) is 2.14. The lowest BCUT2D eigenvalue weighted by Crippen LogP contribution is -2.42. The van der Waals surface area contributed by atoms with Crippen molar-refractivity contribution < 1.29 is 14.6 Å². The first kappa shape index (κ1) is 12.0. The van der Waals surface area contributed by atoms with Crippen LogP contribution in [0.3, 0.4) is 0 Å². The molecule has 17 heavy (non-hydrogen) atoms. The molecule has 1 fully saturated rings. The average molecular weight is 240 g/mol. The predicted molar refractivity (Wildman–Crippen MR) is 57.5 cm³/mol. The number of ether oxygens (including phenoxy) is 1. The van der Waals surface area contributed by atoms with Gasteiger partial charge in [0, 0.05) is 13.5 Å². The lowest BCUT2D eigenvalue weighted by Gasteiger charge is -2.40. The summed E-state index contributed by atoms with van der Waals surface area (Å²) < 4.78 is 6.83. The van der Waals surface area contributed by atoms with Crippen molar-refractivity contribution >= 4 is 5.97 Å². The third-order valence-electron chi connectivity index (χ3n) is 3.46. The van der Waals surface area contributed by atoms with Crippen LogP contribution in [0.4, 0.5) is 0 Å². The maximum Gasteiger partial charge on any atom is 0.328 e. The van der Waals surface area contributed by atoms with Crippen molar-refractivity contribution in [1.29, 1.82) is 0 Å². The molecule has 0 aromatic carbocycles. The second kappa shape index (κ2) is 4.40. The van der Waals surface area contributed by atoms with Crippen LogP contribution in [0.5, 0.6) is 0 Å². The lowest BCUT2D eigenvalue weighted by atomic mass is 9.77. The first-order valence-corrected chi connectivity index (χ1v) is 5.63. The highest BCUT2D eigenvalue weighted by molar-refractivity contribution is 5.71. The minimum absolute atomic E-state index is 0.204. The molecule has 0 bridgehead atoms. The SMILES string of the molecule is COC1(Cc2nnnn2C(C)C(=O)O)CCC1. The summed E-state index contributed by atoms with van der Waals surface area (Å²) in [4.78, 5) is 10.9. The molecule has 1 heterocycles. The van der Waals surface area contributed by atoms with Crippen LogP contribution in [0.2, 0.25) is 0 Å². The number of methoxy groups -OCH3 is 1. The van der Waals surface area contributed by atoms with Gasteiger partial charge in [-0.25, -0.2) is 9.48 Å². The highest BCUT2D eigenvalue weighted by Gasteiger charge is 2.39. The largest absolute Gasteiger partial charge is 0.480 e. The van der Waals surface area contributed by atoms with E-state index < -0.39 is 12.0 Å². The van der Waals surface area contributed by atoms with E-state index in [0.717, 1.165) is 19.3 Å². The van der Waals surface area contributed by atoms with Crippen molar-refractivity contribution in [2.45, 2.75) is 44.2 Å². The predicted octanol–water partition coefficient (Wildman–Crippen LogP) is 0.430. The van der Waals surface area contributed by atoms with E-state index in [0.29, 0.717) is 12.2 Å². The molecule has 7 nitrogen and oxygen atoms in total. The first-order chi connectivity index (χ1) is 8.08. The molecule has 1 atom stereocenters. The fourth-order valence-corrected chi connectivity index (χ4v) is 2.05. The van der Waals surface area contributed by atoms with E-state index in [2.05, 4.69) is 15.5 Å². The Hall–Kier alpha value is -1.50. The molecule has 1 saturated carbocycles. The summed E-state index contributed by atoms with van der Waals surface area (Å²) in [5.74, 6) is -0.375. The van der Waals surface area contributed by atoms with E-state index in [1.807, 2.05) is 0 Å². The molecule has 1 aliphatic rings. The third-order valence-corrected chi connectivity index (χ3v) is 3.46. The molecular formula is C10H16N4O3. The Morgan fingerprint density at radius 1 is 1.65 bits per heavy atom. The van der Waals surface area contributed by atoms with Crippen LogP contribution in [-0.4, -0.2) is 44.0 Å². The highest BCUT2D eigenvalue weighted by Crippen LogP contribution is 2.37. The zero-order valence-corrected chi connectivity index (χ0v) is 9.96. The summed E-state index contributed by atoms with van der Waals surface area (Å²) in [6.45, 7) is 1.56. The van der Waals surface area contributed by atoms with E-state index in [4.69, 9.17) is 9.84 Å². The molecule has 0 radical (unpaired) electrons. The smallest absolute Gasteiger partial charge is 0.328 e. The van der Waals surface area contributed by atoms with Gasteiger partial charge in [0.1, 0.15) is 6.04 Å². The van der Waals surface area contributed by atoms with Gasteiger partial charge in [-0.05, 0) is 36.6 Å². The number of aliphatic carboxylic acids is 1. The van der Waals surface area contributed by atoms with Crippen LogP contribution in [0, 0.1) is 0 Å². The second-order valence-corrected chi connectivity index (χ2v) is 4.47. The Kier molecular flexibility index (Phi) is 3.10. The summed E-state index contributed by atoms with van der Waals surface area (Å²) in [5, 5.41) is 20.1. The number of aromatic nitrogens is 4. The van der Waals surface area contributed by atoms with Gasteiger partial charge in [0.05, 0.1) is 5.60 Å². The molecule has 0 amide bonds. The summed E-state index contributed by atoms with van der Waals surface area (Å²) in [6.07, 6.45) is 3.63. The highest BCUT2D eigenvalue weighted by atomic mass is 16.5. The van der Waals surface area contributed by atoms with Crippen LogP contribution >= 0.6 is 0 Å². The minimum Gasteiger partial charge on any atom is -0.480 e. The van der Waals surface area contributed by atoms with E-state index in [-0.39, 0.29) is 5.60 Å². The second-order valence-electron chi connectivity index (χ2n) is 4.47. The molecule has 1 N–H and O–H groups in total. The van der Waals surface area contributed by atoms with Gasteiger partial charge in [-0.3, -0.25) is 0 Å². The number of rotatable bonds is 5. The Balaban J connectivity index is 2.16. The molecule has 7 heteroatoms. The van der Waals surface area contributed by atoms with Gasteiger partial charge < -0.3 is 9.84 Å². The molecule has 94 valence electrons.